The Bertz CT molecular complexity index is 230. The van der Waals surface area contributed by atoms with E-state index >= 15 is 0 Å². The van der Waals surface area contributed by atoms with Crippen molar-refractivity contribution >= 4 is 0 Å². The van der Waals surface area contributed by atoms with E-state index in [1.54, 1.807) is 0 Å². The van der Waals surface area contributed by atoms with Crippen molar-refractivity contribution in [2.24, 2.45) is 23.2 Å². The first-order chi connectivity index (χ1) is 6.01. The van der Waals surface area contributed by atoms with Crippen molar-refractivity contribution < 1.29 is 0 Å². The molecule has 2 atom stereocenters. The zero-order valence-electron chi connectivity index (χ0n) is 8.77. The third-order valence-electron chi connectivity index (χ3n) is 5.43. The molecule has 0 amide bonds. The summed E-state index contributed by atoms with van der Waals surface area (Å²) in [6.45, 7) is 4.70. The summed E-state index contributed by atoms with van der Waals surface area (Å²) in [5.74, 6) is 2.71. The predicted octanol–water partition coefficient (Wildman–Crippen LogP) is 2.87. The molecule has 0 aliphatic heterocycles. The minimum Gasteiger partial charge on any atom is -0.251 e. The molecule has 1 nitrogen and oxygen atoms in total. The van der Waals surface area contributed by atoms with Crippen LogP contribution in [0.25, 0.3) is 0 Å². The van der Waals surface area contributed by atoms with E-state index in [1.165, 1.54) is 32.1 Å². The average molecular weight is 178 g/mol. The molecular formula is C12H20N. The highest BCUT2D eigenvalue weighted by Crippen LogP contribution is 2.63. The number of nitrogens with one attached hydrogen (secondary N) is 1. The van der Waals surface area contributed by atoms with Crippen LogP contribution in [0.1, 0.15) is 46.0 Å². The quantitative estimate of drug-likeness (QED) is 0.544. The van der Waals surface area contributed by atoms with Crippen LogP contribution in [0.4, 0.5) is 0 Å². The van der Waals surface area contributed by atoms with E-state index in [0.29, 0.717) is 5.41 Å². The molecule has 0 heterocycles. The zero-order chi connectivity index (χ0) is 9.27. The Hall–Kier alpha value is -0.0400. The largest absolute Gasteiger partial charge is 0.251 e. The Morgan fingerprint density at radius 1 is 1.00 bits per heavy atom. The summed E-state index contributed by atoms with van der Waals surface area (Å²) in [6, 6.07) is 0. The molecule has 0 aromatic rings. The molecule has 4 aliphatic carbocycles. The fraction of sp³-hybridized carbons (Fsp3) is 1.00. The first kappa shape index (κ1) is 8.28. The summed E-state index contributed by atoms with van der Waals surface area (Å²) < 4.78 is 0. The van der Waals surface area contributed by atoms with Crippen molar-refractivity contribution in [3.8, 4) is 0 Å². The van der Waals surface area contributed by atoms with Gasteiger partial charge in [-0.15, -0.1) is 0 Å². The molecule has 13 heavy (non-hydrogen) atoms. The van der Waals surface area contributed by atoms with E-state index in [9.17, 15) is 0 Å². The number of hydrogen-bond acceptors (Lipinski definition) is 0. The van der Waals surface area contributed by atoms with Gasteiger partial charge >= 0.3 is 0 Å². The van der Waals surface area contributed by atoms with E-state index in [0.717, 1.165) is 17.8 Å². The van der Waals surface area contributed by atoms with Crippen LogP contribution in [0, 0.1) is 23.2 Å². The normalized spacial score (nSPS) is 57.0. The molecule has 0 aromatic heterocycles. The molecule has 1 heteroatoms. The van der Waals surface area contributed by atoms with Crippen molar-refractivity contribution in [1.29, 1.82) is 0 Å². The topological polar surface area (TPSA) is 23.8 Å². The van der Waals surface area contributed by atoms with Gasteiger partial charge in [0.25, 0.3) is 0 Å². The Labute approximate surface area is 81.1 Å². The second kappa shape index (κ2) is 2.13. The van der Waals surface area contributed by atoms with E-state index < -0.39 is 0 Å². The van der Waals surface area contributed by atoms with E-state index in [4.69, 9.17) is 5.73 Å². The van der Waals surface area contributed by atoms with Gasteiger partial charge in [0.15, 0.2) is 0 Å². The van der Waals surface area contributed by atoms with Crippen molar-refractivity contribution in [2.75, 3.05) is 0 Å². The predicted molar refractivity (Wildman–Crippen MR) is 53.2 cm³/mol. The number of rotatable bonds is 0. The van der Waals surface area contributed by atoms with Crippen LogP contribution in [0.15, 0.2) is 0 Å². The fourth-order valence-corrected chi connectivity index (χ4v) is 4.47. The van der Waals surface area contributed by atoms with E-state index in [2.05, 4.69) is 13.8 Å². The van der Waals surface area contributed by atoms with Gasteiger partial charge in [-0.2, -0.15) is 0 Å². The lowest BCUT2D eigenvalue weighted by atomic mass is 9.43. The molecule has 2 unspecified atom stereocenters. The Kier molecular flexibility index (Phi) is 1.36. The van der Waals surface area contributed by atoms with Gasteiger partial charge in [0, 0.05) is 5.54 Å². The summed E-state index contributed by atoms with van der Waals surface area (Å²) in [5, 5.41) is 0. The van der Waals surface area contributed by atoms with E-state index in [1.807, 2.05) is 0 Å². The van der Waals surface area contributed by atoms with Crippen LogP contribution < -0.4 is 5.73 Å². The lowest BCUT2D eigenvalue weighted by molar-refractivity contribution is -0.109. The van der Waals surface area contributed by atoms with Crippen molar-refractivity contribution in [3.63, 3.8) is 0 Å². The number of hydrogen-bond donors (Lipinski definition) is 0. The highest BCUT2D eigenvalue weighted by Gasteiger charge is 2.59. The van der Waals surface area contributed by atoms with Gasteiger partial charge in [-0.25, -0.2) is 0 Å². The average Bonchev–Trinajstić information content (AvgIpc) is 1.99. The third-order valence-corrected chi connectivity index (χ3v) is 5.43. The second-order valence-corrected chi connectivity index (χ2v) is 6.35. The molecule has 1 N–H and O–H groups in total. The monoisotopic (exact) mass is 178 g/mol. The maximum atomic E-state index is 8.61. The summed E-state index contributed by atoms with van der Waals surface area (Å²) in [6.07, 6.45) is 6.72. The third kappa shape index (κ3) is 0.869. The van der Waals surface area contributed by atoms with Crippen molar-refractivity contribution in [1.82, 2.24) is 5.73 Å². The summed E-state index contributed by atoms with van der Waals surface area (Å²) in [5.41, 5.74) is 8.87. The van der Waals surface area contributed by atoms with E-state index in [-0.39, 0.29) is 5.54 Å². The summed E-state index contributed by atoms with van der Waals surface area (Å²) >= 11 is 0. The summed E-state index contributed by atoms with van der Waals surface area (Å²) in [4.78, 5) is 0. The van der Waals surface area contributed by atoms with Crippen LogP contribution in [0.5, 0.6) is 0 Å². The van der Waals surface area contributed by atoms with Gasteiger partial charge in [0.1, 0.15) is 0 Å². The summed E-state index contributed by atoms with van der Waals surface area (Å²) in [7, 11) is 0. The Morgan fingerprint density at radius 2 is 1.54 bits per heavy atom. The van der Waals surface area contributed by atoms with Crippen molar-refractivity contribution in [3.05, 3.63) is 0 Å². The lowest BCUT2D eigenvalue weighted by Crippen LogP contribution is -2.62. The molecule has 4 aliphatic rings. The lowest BCUT2D eigenvalue weighted by Gasteiger charge is -2.64. The van der Waals surface area contributed by atoms with Crippen LogP contribution in [0.3, 0.4) is 0 Å². The molecule has 1 radical (unpaired) electrons. The maximum absolute atomic E-state index is 8.61. The molecule has 4 rings (SSSR count). The van der Waals surface area contributed by atoms with Crippen LogP contribution >= 0.6 is 0 Å². The minimum absolute atomic E-state index is 0.0538. The smallest absolute Gasteiger partial charge is 0.0382 e. The highest BCUT2D eigenvalue weighted by atomic mass is 14.8. The minimum atomic E-state index is -0.0538. The SMILES string of the molecule is CC1(C)C2CC3CC(C2)CC1([NH])C3. The fourth-order valence-electron chi connectivity index (χ4n) is 4.47. The second-order valence-electron chi connectivity index (χ2n) is 6.35. The van der Waals surface area contributed by atoms with Gasteiger partial charge < -0.3 is 0 Å². The van der Waals surface area contributed by atoms with Gasteiger partial charge in [-0.05, 0) is 55.3 Å². The standard InChI is InChI=1S/C12H20N/c1-11(2)10-4-8-3-9(5-10)7-12(11,13)6-8/h8-10,13H,3-7H2,1-2H3. The molecule has 4 fully saturated rings. The first-order valence-corrected chi connectivity index (χ1v) is 5.76. The van der Waals surface area contributed by atoms with Gasteiger partial charge in [0.2, 0.25) is 0 Å². The molecule has 4 saturated carbocycles. The molecule has 0 spiro atoms. The van der Waals surface area contributed by atoms with Gasteiger partial charge in [0.05, 0.1) is 0 Å². The Morgan fingerprint density at radius 3 is 2.00 bits per heavy atom. The molecule has 4 bridgehead atoms. The van der Waals surface area contributed by atoms with Gasteiger partial charge in [-0.1, -0.05) is 13.8 Å². The molecule has 0 aromatic carbocycles. The van der Waals surface area contributed by atoms with Crippen molar-refractivity contribution in [2.45, 2.75) is 51.5 Å². The first-order valence-electron chi connectivity index (χ1n) is 5.76. The highest BCUT2D eigenvalue weighted by molar-refractivity contribution is 5.13. The molecule has 73 valence electrons. The molecular weight excluding hydrogens is 158 g/mol. The van der Waals surface area contributed by atoms with Crippen LogP contribution in [-0.2, 0) is 0 Å². The Balaban J connectivity index is 2.03. The maximum Gasteiger partial charge on any atom is 0.0382 e. The molecule has 0 saturated heterocycles. The van der Waals surface area contributed by atoms with Gasteiger partial charge in [-0.3, -0.25) is 5.73 Å². The van der Waals surface area contributed by atoms with Crippen LogP contribution in [-0.4, -0.2) is 5.54 Å². The van der Waals surface area contributed by atoms with Crippen LogP contribution in [0.2, 0.25) is 0 Å². The zero-order valence-corrected chi connectivity index (χ0v) is 8.77.